The zero-order chi connectivity index (χ0) is 9.84. The normalized spacial score (nSPS) is 10.2. The fourth-order valence-corrected chi connectivity index (χ4v) is 1.20. The highest BCUT2D eigenvalue weighted by molar-refractivity contribution is 7.80. The van der Waals surface area contributed by atoms with Gasteiger partial charge >= 0.3 is 0 Å². The van der Waals surface area contributed by atoms with Crippen LogP contribution in [0.5, 0.6) is 11.5 Å². The molecule has 0 fully saturated rings. The molecule has 0 aromatic heterocycles. The van der Waals surface area contributed by atoms with Gasteiger partial charge in [0.2, 0.25) is 0 Å². The predicted molar refractivity (Wildman–Crippen MR) is 56.0 cm³/mol. The maximum atomic E-state index is 5.54. The predicted octanol–water partition coefficient (Wildman–Crippen LogP) is 2.77. The first-order valence-corrected chi connectivity index (χ1v) is 4.62. The summed E-state index contributed by atoms with van der Waals surface area (Å²) < 4.78 is 10.7. The van der Waals surface area contributed by atoms with E-state index in [1.807, 2.05) is 32.0 Å². The summed E-state index contributed by atoms with van der Waals surface area (Å²) in [5.74, 6) is 1.48. The van der Waals surface area contributed by atoms with Crippen LogP contribution in [0.15, 0.2) is 23.1 Å². The lowest BCUT2D eigenvalue weighted by Crippen LogP contribution is -2.06. The van der Waals surface area contributed by atoms with Crippen molar-refractivity contribution in [1.82, 2.24) is 0 Å². The van der Waals surface area contributed by atoms with Crippen molar-refractivity contribution < 1.29 is 9.47 Å². The molecule has 0 aliphatic heterocycles. The molecule has 13 heavy (non-hydrogen) atoms. The third kappa shape index (κ3) is 2.84. The van der Waals surface area contributed by atoms with Gasteiger partial charge in [-0.05, 0) is 32.0 Å². The Balaban J connectivity index is 2.94. The van der Waals surface area contributed by atoms with Crippen LogP contribution in [-0.2, 0) is 0 Å². The van der Waals surface area contributed by atoms with Crippen LogP contribution >= 0.6 is 12.6 Å². The van der Waals surface area contributed by atoms with E-state index in [0.717, 1.165) is 16.4 Å². The summed E-state index contributed by atoms with van der Waals surface area (Å²) in [6.45, 7) is 3.95. The van der Waals surface area contributed by atoms with E-state index in [4.69, 9.17) is 9.47 Å². The number of rotatable bonds is 3. The number of methoxy groups -OCH3 is 1. The van der Waals surface area contributed by atoms with Gasteiger partial charge in [0.15, 0.2) is 11.5 Å². The third-order valence-corrected chi connectivity index (χ3v) is 1.79. The Kier molecular flexibility index (Phi) is 3.48. The van der Waals surface area contributed by atoms with E-state index in [1.165, 1.54) is 0 Å². The van der Waals surface area contributed by atoms with E-state index >= 15 is 0 Å². The lowest BCUT2D eigenvalue weighted by molar-refractivity contribution is 0.229. The van der Waals surface area contributed by atoms with E-state index in [2.05, 4.69) is 12.6 Å². The van der Waals surface area contributed by atoms with Crippen molar-refractivity contribution in [2.24, 2.45) is 0 Å². The Bertz CT molecular complexity index is 284. The number of ether oxygens (including phenoxy) is 2. The largest absolute Gasteiger partial charge is 0.493 e. The van der Waals surface area contributed by atoms with Crippen molar-refractivity contribution in [1.29, 1.82) is 0 Å². The topological polar surface area (TPSA) is 18.5 Å². The molecule has 0 bridgehead atoms. The van der Waals surface area contributed by atoms with Crippen molar-refractivity contribution in [2.75, 3.05) is 7.11 Å². The summed E-state index contributed by atoms with van der Waals surface area (Å²) >= 11 is 4.23. The van der Waals surface area contributed by atoms with Gasteiger partial charge in [-0.2, -0.15) is 0 Å². The molecule has 0 N–H and O–H groups in total. The second-order valence-electron chi connectivity index (χ2n) is 3.00. The molecule has 0 heterocycles. The summed E-state index contributed by atoms with van der Waals surface area (Å²) in [6, 6.07) is 5.57. The first-order valence-electron chi connectivity index (χ1n) is 4.17. The first kappa shape index (κ1) is 10.3. The van der Waals surface area contributed by atoms with Crippen LogP contribution < -0.4 is 9.47 Å². The van der Waals surface area contributed by atoms with Gasteiger partial charge in [0.05, 0.1) is 13.2 Å². The van der Waals surface area contributed by atoms with Crippen LogP contribution in [0, 0.1) is 0 Å². The molecule has 0 aliphatic rings. The van der Waals surface area contributed by atoms with Crippen LogP contribution in [0.25, 0.3) is 0 Å². The molecular formula is C10H14O2S. The summed E-state index contributed by atoms with van der Waals surface area (Å²) in [4.78, 5) is 0.872. The minimum atomic E-state index is 0.143. The van der Waals surface area contributed by atoms with Crippen LogP contribution in [0.1, 0.15) is 13.8 Å². The van der Waals surface area contributed by atoms with Gasteiger partial charge in [-0.15, -0.1) is 12.6 Å². The smallest absolute Gasteiger partial charge is 0.162 e. The fraction of sp³-hybridized carbons (Fsp3) is 0.400. The Morgan fingerprint density at radius 2 is 1.92 bits per heavy atom. The van der Waals surface area contributed by atoms with Gasteiger partial charge in [0, 0.05) is 4.90 Å². The Labute approximate surface area is 84.3 Å². The molecule has 0 aliphatic carbocycles. The maximum Gasteiger partial charge on any atom is 0.162 e. The molecule has 0 saturated carbocycles. The SMILES string of the molecule is COc1ccc(S)cc1OC(C)C. The van der Waals surface area contributed by atoms with Gasteiger partial charge in [0.1, 0.15) is 0 Å². The molecule has 0 unspecified atom stereocenters. The molecule has 0 spiro atoms. The van der Waals surface area contributed by atoms with Crippen LogP contribution in [0.4, 0.5) is 0 Å². The molecule has 0 amide bonds. The quantitative estimate of drug-likeness (QED) is 0.753. The second kappa shape index (κ2) is 4.42. The van der Waals surface area contributed by atoms with Gasteiger partial charge in [-0.3, -0.25) is 0 Å². The lowest BCUT2D eigenvalue weighted by Gasteiger charge is -2.13. The third-order valence-electron chi connectivity index (χ3n) is 1.51. The standard InChI is InChI=1S/C10H14O2S/c1-7(2)12-10-6-8(13)4-5-9(10)11-3/h4-7,13H,1-3H3. The fourth-order valence-electron chi connectivity index (χ4n) is 1.01. The van der Waals surface area contributed by atoms with Crippen LogP contribution in [0.2, 0.25) is 0 Å². The molecule has 3 heteroatoms. The lowest BCUT2D eigenvalue weighted by atomic mass is 10.3. The zero-order valence-electron chi connectivity index (χ0n) is 8.07. The molecule has 0 atom stereocenters. The van der Waals surface area contributed by atoms with E-state index in [-0.39, 0.29) is 6.10 Å². The average molecular weight is 198 g/mol. The van der Waals surface area contributed by atoms with Crippen molar-refractivity contribution in [3.05, 3.63) is 18.2 Å². The zero-order valence-corrected chi connectivity index (χ0v) is 8.97. The highest BCUT2D eigenvalue weighted by Crippen LogP contribution is 2.29. The molecule has 1 rings (SSSR count). The molecule has 0 saturated heterocycles. The average Bonchev–Trinajstić information content (AvgIpc) is 2.03. The Morgan fingerprint density at radius 1 is 1.23 bits per heavy atom. The van der Waals surface area contributed by atoms with E-state index in [9.17, 15) is 0 Å². The van der Waals surface area contributed by atoms with Gasteiger partial charge in [0.25, 0.3) is 0 Å². The summed E-state index contributed by atoms with van der Waals surface area (Å²) in [5.41, 5.74) is 0. The summed E-state index contributed by atoms with van der Waals surface area (Å²) in [5, 5.41) is 0. The van der Waals surface area contributed by atoms with Crippen molar-refractivity contribution in [3.63, 3.8) is 0 Å². The van der Waals surface area contributed by atoms with Gasteiger partial charge in [-0.25, -0.2) is 0 Å². The first-order chi connectivity index (χ1) is 6.13. The van der Waals surface area contributed by atoms with Crippen LogP contribution in [-0.4, -0.2) is 13.2 Å². The number of benzene rings is 1. The minimum Gasteiger partial charge on any atom is -0.493 e. The Morgan fingerprint density at radius 3 is 2.46 bits per heavy atom. The van der Waals surface area contributed by atoms with E-state index in [1.54, 1.807) is 7.11 Å². The molecule has 0 radical (unpaired) electrons. The van der Waals surface area contributed by atoms with Gasteiger partial charge in [-0.1, -0.05) is 0 Å². The minimum absolute atomic E-state index is 0.143. The summed E-state index contributed by atoms with van der Waals surface area (Å²) in [7, 11) is 1.63. The van der Waals surface area contributed by atoms with E-state index < -0.39 is 0 Å². The van der Waals surface area contributed by atoms with E-state index in [0.29, 0.717) is 0 Å². The molecule has 1 aromatic rings. The number of thiol groups is 1. The molecule has 1 aromatic carbocycles. The second-order valence-corrected chi connectivity index (χ2v) is 3.52. The molecule has 72 valence electrons. The summed E-state index contributed by atoms with van der Waals surface area (Å²) in [6.07, 6.45) is 0.143. The highest BCUT2D eigenvalue weighted by atomic mass is 32.1. The Hall–Kier alpha value is -0.830. The highest BCUT2D eigenvalue weighted by Gasteiger charge is 2.05. The molecule has 2 nitrogen and oxygen atoms in total. The number of hydrogen-bond donors (Lipinski definition) is 1. The van der Waals surface area contributed by atoms with Gasteiger partial charge < -0.3 is 9.47 Å². The molecular weight excluding hydrogens is 184 g/mol. The van der Waals surface area contributed by atoms with Crippen molar-refractivity contribution in [3.8, 4) is 11.5 Å². The van der Waals surface area contributed by atoms with Crippen molar-refractivity contribution in [2.45, 2.75) is 24.8 Å². The monoisotopic (exact) mass is 198 g/mol. The number of hydrogen-bond acceptors (Lipinski definition) is 3. The van der Waals surface area contributed by atoms with Crippen molar-refractivity contribution >= 4 is 12.6 Å². The van der Waals surface area contributed by atoms with Crippen LogP contribution in [0.3, 0.4) is 0 Å². The maximum absolute atomic E-state index is 5.54.